The van der Waals surface area contributed by atoms with Crippen LogP contribution in [0.3, 0.4) is 0 Å². The Labute approximate surface area is 188 Å². The van der Waals surface area contributed by atoms with Gasteiger partial charge in [-0.1, -0.05) is 30.3 Å². The molecule has 0 aliphatic rings. The standard InChI is InChI=1S/C24H26FN3O3S/c1-28(22-6-3-2-4-7-22)17-5-16-26-24(29)20-10-8-19(9-11-20)18-27-32(30,31)23-14-12-21(25)13-15-23/h2-4,6-15,27H,5,16-18H2,1H3,(H,26,29). The fraction of sp³-hybridized carbons (Fsp3) is 0.208. The monoisotopic (exact) mass is 455 g/mol. The maximum atomic E-state index is 13.0. The number of hydrogen-bond donors (Lipinski definition) is 2. The second-order valence-corrected chi connectivity index (χ2v) is 9.11. The average molecular weight is 456 g/mol. The summed E-state index contributed by atoms with van der Waals surface area (Å²) in [6, 6.07) is 21.4. The highest BCUT2D eigenvalue weighted by Crippen LogP contribution is 2.12. The largest absolute Gasteiger partial charge is 0.375 e. The molecule has 2 N–H and O–H groups in total. The first-order valence-electron chi connectivity index (χ1n) is 10.2. The van der Waals surface area contributed by atoms with Crippen LogP contribution in [-0.2, 0) is 16.6 Å². The van der Waals surface area contributed by atoms with E-state index >= 15 is 0 Å². The third kappa shape index (κ3) is 6.63. The summed E-state index contributed by atoms with van der Waals surface area (Å²) >= 11 is 0. The van der Waals surface area contributed by atoms with Crippen molar-refractivity contribution in [1.82, 2.24) is 10.0 Å². The SMILES string of the molecule is CN(CCCNC(=O)c1ccc(CNS(=O)(=O)c2ccc(F)cc2)cc1)c1ccccc1. The molecule has 168 valence electrons. The molecule has 8 heteroatoms. The van der Waals surface area contributed by atoms with Gasteiger partial charge in [0, 0.05) is 37.9 Å². The van der Waals surface area contributed by atoms with Crippen LogP contribution >= 0.6 is 0 Å². The molecule has 0 aliphatic carbocycles. The molecule has 3 aromatic carbocycles. The Balaban J connectivity index is 1.44. The van der Waals surface area contributed by atoms with Gasteiger partial charge in [-0.3, -0.25) is 4.79 Å². The Morgan fingerprint density at radius 1 is 0.938 bits per heavy atom. The highest BCUT2D eigenvalue weighted by molar-refractivity contribution is 7.89. The van der Waals surface area contributed by atoms with Crippen LogP contribution in [0.4, 0.5) is 10.1 Å². The van der Waals surface area contributed by atoms with Crippen LogP contribution < -0.4 is 14.9 Å². The second-order valence-electron chi connectivity index (χ2n) is 7.34. The Bertz CT molecular complexity index is 1120. The molecule has 0 saturated heterocycles. The number of sulfonamides is 1. The third-order valence-electron chi connectivity index (χ3n) is 4.96. The van der Waals surface area contributed by atoms with Crippen LogP contribution in [0.1, 0.15) is 22.3 Å². The number of rotatable bonds is 10. The van der Waals surface area contributed by atoms with Crippen molar-refractivity contribution in [3.8, 4) is 0 Å². The third-order valence-corrected chi connectivity index (χ3v) is 6.38. The minimum atomic E-state index is -3.74. The van der Waals surface area contributed by atoms with E-state index in [-0.39, 0.29) is 17.3 Å². The fourth-order valence-electron chi connectivity index (χ4n) is 3.08. The predicted molar refractivity (Wildman–Crippen MR) is 124 cm³/mol. The predicted octanol–water partition coefficient (Wildman–Crippen LogP) is 3.56. The van der Waals surface area contributed by atoms with Crippen LogP contribution in [-0.4, -0.2) is 34.5 Å². The normalized spacial score (nSPS) is 11.2. The Morgan fingerprint density at radius 2 is 1.59 bits per heavy atom. The highest BCUT2D eigenvalue weighted by atomic mass is 32.2. The van der Waals surface area contributed by atoms with E-state index in [0.717, 1.165) is 30.8 Å². The van der Waals surface area contributed by atoms with Gasteiger partial charge in [-0.2, -0.15) is 0 Å². The number of hydrogen-bond acceptors (Lipinski definition) is 4. The van der Waals surface area contributed by atoms with Crippen molar-refractivity contribution in [2.45, 2.75) is 17.9 Å². The van der Waals surface area contributed by atoms with Gasteiger partial charge in [0.1, 0.15) is 5.82 Å². The van der Waals surface area contributed by atoms with Gasteiger partial charge < -0.3 is 10.2 Å². The second kappa shape index (κ2) is 10.9. The van der Waals surface area contributed by atoms with Gasteiger partial charge in [0.25, 0.3) is 5.91 Å². The molecule has 0 aliphatic heterocycles. The summed E-state index contributed by atoms with van der Waals surface area (Å²) in [5, 5.41) is 2.90. The number of anilines is 1. The van der Waals surface area contributed by atoms with Crippen molar-refractivity contribution in [3.05, 3.63) is 95.8 Å². The van der Waals surface area contributed by atoms with Crippen molar-refractivity contribution >= 4 is 21.6 Å². The molecule has 0 unspecified atom stereocenters. The van der Waals surface area contributed by atoms with E-state index in [0.29, 0.717) is 17.7 Å². The first-order chi connectivity index (χ1) is 15.3. The van der Waals surface area contributed by atoms with Crippen molar-refractivity contribution in [2.24, 2.45) is 0 Å². The van der Waals surface area contributed by atoms with E-state index in [1.165, 1.54) is 12.1 Å². The number of nitrogens with one attached hydrogen (secondary N) is 2. The molecule has 32 heavy (non-hydrogen) atoms. The van der Waals surface area contributed by atoms with Crippen LogP contribution in [0.15, 0.2) is 83.8 Å². The molecule has 0 heterocycles. The van der Waals surface area contributed by atoms with Gasteiger partial charge in [0.05, 0.1) is 4.90 Å². The molecule has 3 aromatic rings. The van der Waals surface area contributed by atoms with Gasteiger partial charge in [-0.15, -0.1) is 0 Å². The molecule has 0 spiro atoms. The minimum Gasteiger partial charge on any atom is -0.375 e. The first kappa shape index (κ1) is 23.4. The van der Waals surface area contributed by atoms with E-state index in [1.807, 2.05) is 37.4 Å². The molecule has 6 nitrogen and oxygen atoms in total. The Hall–Kier alpha value is -3.23. The van der Waals surface area contributed by atoms with Gasteiger partial charge in [0.2, 0.25) is 10.0 Å². The lowest BCUT2D eigenvalue weighted by molar-refractivity contribution is 0.0953. The van der Waals surface area contributed by atoms with Crippen LogP contribution in [0.2, 0.25) is 0 Å². The van der Waals surface area contributed by atoms with E-state index in [2.05, 4.69) is 14.9 Å². The molecule has 0 radical (unpaired) electrons. The van der Waals surface area contributed by atoms with Crippen LogP contribution in [0.25, 0.3) is 0 Å². The topological polar surface area (TPSA) is 78.5 Å². The first-order valence-corrected chi connectivity index (χ1v) is 11.7. The van der Waals surface area contributed by atoms with Crippen molar-refractivity contribution in [2.75, 3.05) is 25.0 Å². The maximum absolute atomic E-state index is 13.0. The summed E-state index contributed by atoms with van der Waals surface area (Å²) in [5.41, 5.74) is 2.34. The number of halogens is 1. The molecular weight excluding hydrogens is 429 g/mol. The van der Waals surface area contributed by atoms with Crippen molar-refractivity contribution < 1.29 is 17.6 Å². The van der Waals surface area contributed by atoms with Gasteiger partial charge in [0.15, 0.2) is 0 Å². The molecule has 0 bridgehead atoms. The number of para-hydroxylation sites is 1. The lowest BCUT2D eigenvalue weighted by atomic mass is 10.1. The van der Waals surface area contributed by atoms with E-state index in [9.17, 15) is 17.6 Å². The van der Waals surface area contributed by atoms with E-state index in [1.54, 1.807) is 24.3 Å². The molecular formula is C24H26FN3O3S. The highest BCUT2D eigenvalue weighted by Gasteiger charge is 2.14. The lowest BCUT2D eigenvalue weighted by Gasteiger charge is -2.19. The zero-order valence-corrected chi connectivity index (χ0v) is 18.6. The summed E-state index contributed by atoms with van der Waals surface area (Å²) in [5.74, 6) is -0.674. The zero-order valence-electron chi connectivity index (χ0n) is 17.8. The number of benzene rings is 3. The van der Waals surface area contributed by atoms with Crippen LogP contribution in [0, 0.1) is 5.82 Å². The average Bonchev–Trinajstić information content (AvgIpc) is 2.81. The minimum absolute atomic E-state index is 0.00666. The molecule has 3 rings (SSSR count). The summed E-state index contributed by atoms with van der Waals surface area (Å²) in [6.45, 7) is 1.43. The van der Waals surface area contributed by atoms with E-state index in [4.69, 9.17) is 0 Å². The molecule has 0 saturated carbocycles. The summed E-state index contributed by atoms with van der Waals surface area (Å²) in [7, 11) is -1.73. The molecule has 1 amide bonds. The molecule has 0 atom stereocenters. The molecule has 0 aromatic heterocycles. The fourth-order valence-corrected chi connectivity index (χ4v) is 4.10. The number of carbonyl (C=O) groups excluding carboxylic acids is 1. The number of nitrogens with zero attached hydrogens (tertiary/aromatic N) is 1. The van der Waals surface area contributed by atoms with E-state index < -0.39 is 15.8 Å². The Kier molecular flexibility index (Phi) is 7.97. The zero-order chi connectivity index (χ0) is 23.0. The number of carbonyl (C=O) groups is 1. The summed E-state index contributed by atoms with van der Waals surface area (Å²) < 4.78 is 40.0. The van der Waals surface area contributed by atoms with Crippen molar-refractivity contribution in [3.63, 3.8) is 0 Å². The number of amides is 1. The van der Waals surface area contributed by atoms with Gasteiger partial charge in [-0.05, 0) is 60.5 Å². The van der Waals surface area contributed by atoms with Gasteiger partial charge in [-0.25, -0.2) is 17.5 Å². The Morgan fingerprint density at radius 3 is 2.25 bits per heavy atom. The summed E-state index contributed by atoms with van der Waals surface area (Å²) in [6.07, 6.45) is 0.806. The maximum Gasteiger partial charge on any atom is 0.251 e. The quantitative estimate of drug-likeness (QED) is 0.458. The smallest absolute Gasteiger partial charge is 0.251 e. The van der Waals surface area contributed by atoms with Crippen molar-refractivity contribution in [1.29, 1.82) is 0 Å². The summed E-state index contributed by atoms with van der Waals surface area (Å²) in [4.78, 5) is 14.5. The lowest BCUT2D eigenvalue weighted by Crippen LogP contribution is -2.28. The van der Waals surface area contributed by atoms with Crippen LogP contribution in [0.5, 0.6) is 0 Å². The molecule has 0 fully saturated rings. The van der Waals surface area contributed by atoms with Gasteiger partial charge >= 0.3 is 0 Å².